The summed E-state index contributed by atoms with van der Waals surface area (Å²) in [5, 5.41) is 10.1. The molecule has 4 rings (SSSR count). The normalized spacial score (nSPS) is 31.0. The number of hydrogen-bond donors (Lipinski definition) is 1. The van der Waals surface area contributed by atoms with Gasteiger partial charge in [-0.2, -0.15) is 0 Å². The number of oxazole rings is 1. The molecule has 144 valence electrons. The Morgan fingerprint density at radius 3 is 2.69 bits per heavy atom. The first-order valence-corrected chi connectivity index (χ1v) is 10.1. The van der Waals surface area contributed by atoms with E-state index in [4.69, 9.17) is 4.42 Å². The van der Waals surface area contributed by atoms with E-state index in [1.807, 2.05) is 0 Å². The minimum Gasteiger partial charge on any atom is -0.481 e. The Morgan fingerprint density at radius 2 is 2.08 bits per heavy atom. The number of fused-ring (bicyclic) bond motifs is 1. The highest BCUT2D eigenvalue weighted by Gasteiger charge is 2.58. The molecule has 0 bridgehead atoms. The predicted molar refractivity (Wildman–Crippen MR) is 97.9 cm³/mol. The first-order chi connectivity index (χ1) is 12.5. The van der Waals surface area contributed by atoms with E-state index >= 15 is 0 Å². The zero-order valence-electron chi connectivity index (χ0n) is 16.0. The van der Waals surface area contributed by atoms with Crippen LogP contribution in [0, 0.1) is 11.3 Å². The predicted octanol–water partition coefficient (Wildman–Crippen LogP) is 2.95. The van der Waals surface area contributed by atoms with Crippen LogP contribution in [-0.2, 0) is 11.3 Å². The number of hydrogen-bond acceptors (Lipinski definition) is 5. The van der Waals surface area contributed by atoms with Gasteiger partial charge in [0.1, 0.15) is 6.26 Å². The number of carboxylic acid groups (broad SMARTS) is 1. The molecule has 2 atom stereocenters. The van der Waals surface area contributed by atoms with E-state index < -0.39 is 11.4 Å². The van der Waals surface area contributed by atoms with Crippen LogP contribution >= 0.6 is 0 Å². The van der Waals surface area contributed by atoms with E-state index in [-0.39, 0.29) is 11.8 Å². The first-order valence-electron chi connectivity index (χ1n) is 10.1. The number of nitrogens with zero attached hydrogens (tertiary/aromatic N) is 3. The summed E-state index contributed by atoms with van der Waals surface area (Å²) in [6.07, 6.45) is 8.13. The summed E-state index contributed by atoms with van der Waals surface area (Å²) >= 11 is 0. The molecular formula is C20H31N3O3. The average Bonchev–Trinajstić information content (AvgIpc) is 3.29. The molecule has 0 radical (unpaired) electrons. The molecule has 1 N–H and O–H groups in total. The van der Waals surface area contributed by atoms with Crippen molar-refractivity contribution in [1.29, 1.82) is 0 Å². The largest absolute Gasteiger partial charge is 0.481 e. The van der Waals surface area contributed by atoms with Crippen molar-refractivity contribution >= 4 is 5.97 Å². The molecule has 0 spiro atoms. The van der Waals surface area contributed by atoms with Gasteiger partial charge in [-0.3, -0.25) is 14.6 Å². The van der Waals surface area contributed by atoms with Crippen LogP contribution in [0.4, 0.5) is 0 Å². The lowest BCUT2D eigenvalue weighted by atomic mass is 9.81. The van der Waals surface area contributed by atoms with Crippen LogP contribution in [0.25, 0.3) is 0 Å². The second-order valence-electron chi connectivity index (χ2n) is 8.88. The molecule has 3 aliphatic rings. The van der Waals surface area contributed by atoms with Crippen molar-refractivity contribution < 1.29 is 14.3 Å². The molecule has 1 aromatic rings. The van der Waals surface area contributed by atoms with Crippen LogP contribution in [-0.4, -0.2) is 58.1 Å². The second-order valence-corrected chi connectivity index (χ2v) is 8.88. The number of rotatable bonds is 5. The molecule has 2 saturated heterocycles. The van der Waals surface area contributed by atoms with Gasteiger partial charge in [-0.15, -0.1) is 0 Å². The van der Waals surface area contributed by atoms with Gasteiger partial charge in [0.05, 0.1) is 11.1 Å². The topological polar surface area (TPSA) is 69.8 Å². The standard InChI is InChI=1S/C20H31N3O3/c1-14(2)18-21-16(11-26-18)10-22-8-15-9-23(17-6-4-3-5-7-17)13-20(15,12-22)19(24)25/h11,14-15,17H,3-10,12-13H2,1-2H3,(H,24,25)/t15-,20-/m0/s1. The first kappa shape index (κ1) is 18.0. The molecule has 1 aliphatic carbocycles. The van der Waals surface area contributed by atoms with Gasteiger partial charge in [0.2, 0.25) is 0 Å². The molecule has 6 heteroatoms. The lowest BCUT2D eigenvalue weighted by molar-refractivity contribution is -0.149. The molecule has 1 saturated carbocycles. The number of carbonyl (C=O) groups is 1. The van der Waals surface area contributed by atoms with Crippen molar-refractivity contribution in [2.24, 2.45) is 11.3 Å². The molecule has 0 amide bonds. The van der Waals surface area contributed by atoms with E-state index in [0.29, 0.717) is 25.7 Å². The van der Waals surface area contributed by atoms with Gasteiger partial charge in [-0.05, 0) is 12.8 Å². The minimum atomic E-state index is -0.619. The Balaban J connectivity index is 1.43. The maximum Gasteiger partial charge on any atom is 0.312 e. The Kier molecular flexibility index (Phi) is 4.82. The number of aromatic nitrogens is 1. The maximum atomic E-state index is 12.2. The highest BCUT2D eigenvalue weighted by molar-refractivity contribution is 5.77. The van der Waals surface area contributed by atoms with Gasteiger partial charge in [0, 0.05) is 50.6 Å². The third-order valence-electron chi connectivity index (χ3n) is 6.67. The zero-order valence-corrected chi connectivity index (χ0v) is 16.0. The van der Waals surface area contributed by atoms with Gasteiger partial charge in [0.25, 0.3) is 0 Å². The lowest BCUT2D eigenvalue weighted by Gasteiger charge is -2.33. The fourth-order valence-corrected chi connectivity index (χ4v) is 5.24. The van der Waals surface area contributed by atoms with E-state index in [1.54, 1.807) is 6.26 Å². The monoisotopic (exact) mass is 361 g/mol. The summed E-state index contributed by atoms with van der Waals surface area (Å²) in [4.78, 5) is 21.5. The van der Waals surface area contributed by atoms with E-state index in [0.717, 1.165) is 24.7 Å². The summed E-state index contributed by atoms with van der Waals surface area (Å²) in [5.41, 5.74) is 0.306. The van der Waals surface area contributed by atoms with Gasteiger partial charge in [0.15, 0.2) is 5.89 Å². The van der Waals surface area contributed by atoms with Crippen molar-refractivity contribution in [3.8, 4) is 0 Å². The quantitative estimate of drug-likeness (QED) is 0.869. The summed E-state index contributed by atoms with van der Waals surface area (Å²) in [6, 6.07) is 0.600. The minimum absolute atomic E-state index is 0.221. The smallest absolute Gasteiger partial charge is 0.312 e. The summed E-state index contributed by atoms with van der Waals surface area (Å²) in [7, 11) is 0. The van der Waals surface area contributed by atoms with Crippen LogP contribution in [0.2, 0.25) is 0 Å². The van der Waals surface area contributed by atoms with Gasteiger partial charge < -0.3 is 9.52 Å². The number of aliphatic carboxylic acids is 1. The summed E-state index contributed by atoms with van der Waals surface area (Å²) in [6.45, 7) is 7.93. The molecule has 0 unspecified atom stereocenters. The summed E-state index contributed by atoms with van der Waals surface area (Å²) < 4.78 is 5.54. The number of carboxylic acids is 1. The lowest BCUT2D eigenvalue weighted by Crippen LogP contribution is -2.43. The van der Waals surface area contributed by atoms with Gasteiger partial charge in [-0.1, -0.05) is 33.1 Å². The van der Waals surface area contributed by atoms with Crippen molar-refractivity contribution in [3.63, 3.8) is 0 Å². The molecular weight excluding hydrogens is 330 g/mol. The molecule has 3 fully saturated rings. The highest BCUT2D eigenvalue weighted by Crippen LogP contribution is 2.45. The highest BCUT2D eigenvalue weighted by atomic mass is 16.4. The van der Waals surface area contributed by atoms with Gasteiger partial charge >= 0.3 is 5.97 Å². The molecule has 1 aromatic heterocycles. The molecule has 0 aromatic carbocycles. The second kappa shape index (κ2) is 6.97. The van der Waals surface area contributed by atoms with E-state index in [2.05, 4.69) is 28.6 Å². The van der Waals surface area contributed by atoms with Crippen molar-refractivity contribution in [1.82, 2.24) is 14.8 Å². The van der Waals surface area contributed by atoms with Crippen LogP contribution in [0.15, 0.2) is 10.7 Å². The third-order valence-corrected chi connectivity index (χ3v) is 6.67. The fraction of sp³-hybridized carbons (Fsp3) is 0.800. The van der Waals surface area contributed by atoms with Gasteiger partial charge in [-0.25, -0.2) is 4.98 Å². The van der Waals surface area contributed by atoms with E-state index in [1.165, 1.54) is 32.1 Å². The van der Waals surface area contributed by atoms with Crippen LogP contribution in [0.3, 0.4) is 0 Å². The van der Waals surface area contributed by atoms with Crippen LogP contribution in [0.5, 0.6) is 0 Å². The molecule has 26 heavy (non-hydrogen) atoms. The Bertz CT molecular complexity index is 652. The molecule has 3 heterocycles. The molecule has 2 aliphatic heterocycles. The van der Waals surface area contributed by atoms with Crippen LogP contribution < -0.4 is 0 Å². The molecule has 6 nitrogen and oxygen atoms in total. The number of likely N-dealkylation sites (tertiary alicyclic amines) is 2. The summed E-state index contributed by atoms with van der Waals surface area (Å²) in [5.74, 6) is 0.636. The Hall–Kier alpha value is -1.40. The van der Waals surface area contributed by atoms with Crippen LogP contribution in [0.1, 0.15) is 63.5 Å². The third kappa shape index (κ3) is 3.18. The average molecular weight is 361 g/mol. The SMILES string of the molecule is CC(C)c1nc(CN2C[C@H]3CN(C4CCCCC4)C[C@@]3(C(=O)O)C2)co1. The Morgan fingerprint density at radius 1 is 1.31 bits per heavy atom. The van der Waals surface area contributed by atoms with E-state index in [9.17, 15) is 9.90 Å². The zero-order chi connectivity index (χ0) is 18.3. The Labute approximate surface area is 155 Å². The maximum absolute atomic E-state index is 12.2. The van der Waals surface area contributed by atoms with Crippen molar-refractivity contribution in [2.45, 2.75) is 64.5 Å². The van der Waals surface area contributed by atoms with Crippen molar-refractivity contribution in [3.05, 3.63) is 17.8 Å². The van der Waals surface area contributed by atoms with Crippen molar-refractivity contribution in [2.75, 3.05) is 26.2 Å². The fourth-order valence-electron chi connectivity index (χ4n) is 5.24.